The second kappa shape index (κ2) is 9.70. The first-order valence-electron chi connectivity index (χ1n) is 7.08. The minimum absolute atomic E-state index is 0.0274. The van der Waals surface area contributed by atoms with Crippen LogP contribution in [0.2, 0.25) is 0 Å². The lowest BCUT2D eigenvalue weighted by molar-refractivity contribution is -0.143. The van der Waals surface area contributed by atoms with Crippen LogP contribution in [0.15, 0.2) is 28.7 Å². The molecule has 0 amide bonds. The summed E-state index contributed by atoms with van der Waals surface area (Å²) in [5.41, 5.74) is 0.629. The molecule has 0 heterocycles. The summed E-state index contributed by atoms with van der Waals surface area (Å²) in [7, 11) is 0. The van der Waals surface area contributed by atoms with Gasteiger partial charge in [0.25, 0.3) is 0 Å². The Balaban J connectivity index is 2.20. The van der Waals surface area contributed by atoms with Gasteiger partial charge in [0.2, 0.25) is 0 Å². The van der Waals surface area contributed by atoms with Gasteiger partial charge in [-0.1, -0.05) is 54.2 Å². The van der Waals surface area contributed by atoms with Crippen LogP contribution >= 0.6 is 15.9 Å². The first kappa shape index (κ1) is 16.9. The molecule has 0 radical (unpaired) electrons. The maximum absolute atomic E-state index is 11.9. The smallest absolute Gasteiger partial charge is 0.306 e. The average Bonchev–Trinajstić information content (AvgIpc) is 2.45. The van der Waals surface area contributed by atoms with E-state index in [1.54, 1.807) is 12.1 Å². The SMILES string of the molecule is CCCCCCOC(=O)CCC(=O)c1ccc(Br)cc1. The number of benzene rings is 1. The summed E-state index contributed by atoms with van der Waals surface area (Å²) < 4.78 is 6.03. The number of ketones is 1. The Kier molecular flexibility index (Phi) is 8.19. The number of unbranched alkanes of at least 4 members (excludes halogenated alkanes) is 3. The van der Waals surface area contributed by atoms with Crippen molar-refractivity contribution in [2.45, 2.75) is 45.4 Å². The molecule has 0 aliphatic carbocycles. The maximum atomic E-state index is 11.9. The third kappa shape index (κ3) is 6.85. The second-order valence-electron chi connectivity index (χ2n) is 4.71. The molecule has 1 aromatic rings. The van der Waals surface area contributed by atoms with Crippen molar-refractivity contribution in [1.29, 1.82) is 0 Å². The highest BCUT2D eigenvalue weighted by Gasteiger charge is 2.10. The number of rotatable bonds is 9. The molecule has 110 valence electrons. The fourth-order valence-electron chi connectivity index (χ4n) is 1.78. The standard InChI is InChI=1S/C16H21BrO3/c1-2-3-4-5-12-20-16(19)11-10-15(18)13-6-8-14(17)9-7-13/h6-9H,2-5,10-12H2,1H3. The van der Waals surface area contributed by atoms with E-state index >= 15 is 0 Å². The molecule has 0 spiro atoms. The molecular formula is C16H21BrO3. The molecule has 4 heteroatoms. The van der Waals surface area contributed by atoms with Crippen molar-refractivity contribution in [1.82, 2.24) is 0 Å². The van der Waals surface area contributed by atoms with Crippen molar-refractivity contribution in [2.24, 2.45) is 0 Å². The van der Waals surface area contributed by atoms with Gasteiger partial charge in [-0.3, -0.25) is 9.59 Å². The third-order valence-electron chi connectivity index (χ3n) is 2.98. The topological polar surface area (TPSA) is 43.4 Å². The molecule has 0 bridgehead atoms. The highest BCUT2D eigenvalue weighted by atomic mass is 79.9. The zero-order valence-corrected chi connectivity index (χ0v) is 13.4. The number of hydrogen-bond acceptors (Lipinski definition) is 3. The van der Waals surface area contributed by atoms with Crippen LogP contribution in [0.3, 0.4) is 0 Å². The number of ether oxygens (including phenoxy) is 1. The number of esters is 1. The number of carbonyl (C=O) groups excluding carboxylic acids is 2. The van der Waals surface area contributed by atoms with Gasteiger partial charge in [0, 0.05) is 16.5 Å². The van der Waals surface area contributed by atoms with Gasteiger partial charge in [0.15, 0.2) is 5.78 Å². The fraction of sp³-hybridized carbons (Fsp3) is 0.500. The first-order chi connectivity index (χ1) is 9.63. The van der Waals surface area contributed by atoms with E-state index in [0.29, 0.717) is 12.2 Å². The summed E-state index contributed by atoms with van der Waals surface area (Å²) in [5, 5.41) is 0. The zero-order chi connectivity index (χ0) is 14.8. The molecule has 0 unspecified atom stereocenters. The lowest BCUT2D eigenvalue weighted by Gasteiger charge is -2.04. The van der Waals surface area contributed by atoms with Gasteiger partial charge in [-0.05, 0) is 18.6 Å². The number of Topliss-reactive ketones (excluding diaryl/α,β-unsaturated/α-hetero) is 1. The van der Waals surface area contributed by atoms with Crippen LogP contribution in [0.1, 0.15) is 55.8 Å². The number of carbonyl (C=O) groups is 2. The summed E-state index contributed by atoms with van der Waals surface area (Å²) in [5.74, 6) is -0.313. The highest BCUT2D eigenvalue weighted by Crippen LogP contribution is 2.12. The van der Waals surface area contributed by atoms with Gasteiger partial charge >= 0.3 is 5.97 Å². The van der Waals surface area contributed by atoms with Crippen LogP contribution in [0.25, 0.3) is 0 Å². The largest absolute Gasteiger partial charge is 0.466 e. The Morgan fingerprint density at radius 3 is 2.40 bits per heavy atom. The number of halogens is 1. The lowest BCUT2D eigenvalue weighted by atomic mass is 10.1. The fourth-order valence-corrected chi connectivity index (χ4v) is 2.05. The molecule has 0 aromatic heterocycles. The molecule has 0 aliphatic rings. The Hall–Kier alpha value is -1.16. The van der Waals surface area contributed by atoms with Crippen LogP contribution in [0.4, 0.5) is 0 Å². The van der Waals surface area contributed by atoms with E-state index < -0.39 is 0 Å². The van der Waals surface area contributed by atoms with E-state index in [2.05, 4.69) is 22.9 Å². The molecule has 0 N–H and O–H groups in total. The molecule has 3 nitrogen and oxygen atoms in total. The maximum Gasteiger partial charge on any atom is 0.306 e. The van der Waals surface area contributed by atoms with Crippen molar-refractivity contribution in [3.8, 4) is 0 Å². The van der Waals surface area contributed by atoms with Crippen LogP contribution in [-0.4, -0.2) is 18.4 Å². The molecular weight excluding hydrogens is 320 g/mol. The van der Waals surface area contributed by atoms with Crippen LogP contribution in [0.5, 0.6) is 0 Å². The van der Waals surface area contributed by atoms with Crippen molar-refractivity contribution in [3.63, 3.8) is 0 Å². The highest BCUT2D eigenvalue weighted by molar-refractivity contribution is 9.10. The van der Waals surface area contributed by atoms with Crippen LogP contribution in [0, 0.1) is 0 Å². The Morgan fingerprint density at radius 1 is 1.05 bits per heavy atom. The molecule has 0 saturated heterocycles. The molecule has 0 fully saturated rings. The summed E-state index contributed by atoms with van der Waals surface area (Å²) in [4.78, 5) is 23.3. The van der Waals surface area contributed by atoms with Gasteiger partial charge in [-0.25, -0.2) is 0 Å². The quantitative estimate of drug-likeness (QED) is 0.376. The van der Waals surface area contributed by atoms with Crippen molar-refractivity contribution in [2.75, 3.05) is 6.61 Å². The van der Waals surface area contributed by atoms with Crippen LogP contribution in [-0.2, 0) is 9.53 Å². The van der Waals surface area contributed by atoms with E-state index in [-0.39, 0.29) is 24.6 Å². The summed E-state index contributed by atoms with van der Waals surface area (Å²) in [6.07, 6.45) is 4.68. The van der Waals surface area contributed by atoms with E-state index in [1.165, 1.54) is 6.42 Å². The van der Waals surface area contributed by atoms with Gasteiger partial charge in [0.05, 0.1) is 13.0 Å². The van der Waals surface area contributed by atoms with Gasteiger partial charge in [0.1, 0.15) is 0 Å². The Labute approximate surface area is 128 Å². The van der Waals surface area contributed by atoms with Crippen LogP contribution < -0.4 is 0 Å². The van der Waals surface area contributed by atoms with E-state index in [9.17, 15) is 9.59 Å². The van der Waals surface area contributed by atoms with E-state index in [0.717, 1.165) is 23.7 Å². The third-order valence-corrected chi connectivity index (χ3v) is 3.51. The molecule has 1 aromatic carbocycles. The van der Waals surface area contributed by atoms with Crippen molar-refractivity contribution < 1.29 is 14.3 Å². The zero-order valence-electron chi connectivity index (χ0n) is 11.9. The predicted octanol–water partition coefficient (Wildman–Crippen LogP) is 4.54. The minimum Gasteiger partial charge on any atom is -0.466 e. The van der Waals surface area contributed by atoms with E-state index in [1.807, 2.05) is 12.1 Å². The van der Waals surface area contributed by atoms with Gasteiger partial charge in [-0.15, -0.1) is 0 Å². The summed E-state index contributed by atoms with van der Waals surface area (Å²) >= 11 is 3.32. The molecule has 20 heavy (non-hydrogen) atoms. The summed E-state index contributed by atoms with van der Waals surface area (Å²) in [6, 6.07) is 7.14. The second-order valence-corrected chi connectivity index (χ2v) is 5.63. The first-order valence-corrected chi connectivity index (χ1v) is 7.87. The summed E-state index contributed by atoms with van der Waals surface area (Å²) in [6.45, 7) is 2.60. The molecule has 1 rings (SSSR count). The van der Waals surface area contributed by atoms with Gasteiger partial charge in [-0.2, -0.15) is 0 Å². The normalized spacial score (nSPS) is 10.3. The molecule has 0 aliphatic heterocycles. The minimum atomic E-state index is -0.285. The average molecular weight is 341 g/mol. The Bertz CT molecular complexity index is 426. The molecule has 0 saturated carbocycles. The van der Waals surface area contributed by atoms with Gasteiger partial charge < -0.3 is 4.74 Å². The molecule has 0 atom stereocenters. The number of hydrogen-bond donors (Lipinski definition) is 0. The van der Waals surface area contributed by atoms with E-state index in [4.69, 9.17) is 4.74 Å². The monoisotopic (exact) mass is 340 g/mol. The predicted molar refractivity (Wildman–Crippen MR) is 82.8 cm³/mol. The van der Waals surface area contributed by atoms with Crippen molar-refractivity contribution >= 4 is 27.7 Å². The Morgan fingerprint density at radius 2 is 1.75 bits per heavy atom. The van der Waals surface area contributed by atoms with Crippen molar-refractivity contribution in [3.05, 3.63) is 34.3 Å². The lowest BCUT2D eigenvalue weighted by Crippen LogP contribution is -2.09.